The van der Waals surface area contributed by atoms with E-state index in [-0.39, 0.29) is 12.3 Å². The summed E-state index contributed by atoms with van der Waals surface area (Å²) < 4.78 is 2.26. The fourth-order valence-electron chi connectivity index (χ4n) is 8.85. The number of nitrogens with zero attached hydrogens (tertiary/aromatic N) is 2. The summed E-state index contributed by atoms with van der Waals surface area (Å²) in [7, 11) is 2.12. The van der Waals surface area contributed by atoms with Gasteiger partial charge in [0.1, 0.15) is 11.5 Å². The van der Waals surface area contributed by atoms with Gasteiger partial charge in [0, 0.05) is 18.7 Å². The van der Waals surface area contributed by atoms with Crippen LogP contribution >= 0.6 is 0 Å². The molecule has 1 heterocycles. The Hall–Kier alpha value is -2.63. The lowest BCUT2D eigenvalue weighted by Crippen LogP contribution is -2.46. The minimum absolute atomic E-state index is 0.0601. The van der Waals surface area contributed by atoms with Gasteiger partial charge in [-0.3, -0.25) is 9.59 Å². The molecular formula is C31H41N3O3. The Labute approximate surface area is 220 Å². The summed E-state index contributed by atoms with van der Waals surface area (Å²) in [5.41, 5.74) is 3.41. The molecule has 2 aromatic rings. The number of carbonyl (C=O) groups is 2. The Bertz CT molecular complexity index is 1140. The predicted molar refractivity (Wildman–Crippen MR) is 144 cm³/mol. The summed E-state index contributed by atoms with van der Waals surface area (Å²) >= 11 is 0. The molecule has 0 saturated heterocycles. The third kappa shape index (κ3) is 5.08. The molecule has 0 radical (unpaired) electrons. The first-order valence-electron chi connectivity index (χ1n) is 14.5. The molecular weight excluding hydrogens is 462 g/mol. The molecule has 1 aromatic heterocycles. The number of anilines is 1. The van der Waals surface area contributed by atoms with E-state index in [4.69, 9.17) is 10.1 Å². The molecule has 2 N–H and O–H groups in total. The van der Waals surface area contributed by atoms with Gasteiger partial charge in [0.15, 0.2) is 0 Å². The lowest BCUT2D eigenvalue weighted by molar-refractivity contribution is -0.136. The number of benzene rings is 1. The highest BCUT2D eigenvalue weighted by Gasteiger charge is 2.50. The topological polar surface area (TPSA) is 84.2 Å². The molecule has 1 aromatic carbocycles. The van der Waals surface area contributed by atoms with Crippen LogP contribution in [0, 0.1) is 23.2 Å². The number of carboxylic acids is 1. The summed E-state index contributed by atoms with van der Waals surface area (Å²) in [6.45, 7) is 0. The van der Waals surface area contributed by atoms with E-state index in [0.29, 0.717) is 28.3 Å². The Balaban J connectivity index is 1.26. The summed E-state index contributed by atoms with van der Waals surface area (Å²) in [5.74, 6) is 3.23. The van der Waals surface area contributed by atoms with Crippen molar-refractivity contribution in [3.63, 3.8) is 0 Å². The molecule has 0 atom stereocenters. The van der Waals surface area contributed by atoms with Crippen LogP contribution in [0.3, 0.4) is 0 Å². The van der Waals surface area contributed by atoms with E-state index in [9.17, 15) is 9.59 Å². The zero-order valence-corrected chi connectivity index (χ0v) is 22.2. The largest absolute Gasteiger partial charge is 0.481 e. The zero-order valence-electron chi connectivity index (χ0n) is 22.2. The first kappa shape index (κ1) is 24.7. The minimum atomic E-state index is -0.878. The molecule has 5 aliphatic carbocycles. The molecule has 5 aliphatic rings. The number of carbonyl (C=O) groups excluding carboxylic acids is 1. The maximum absolute atomic E-state index is 13.6. The Morgan fingerprint density at radius 1 is 1.05 bits per heavy atom. The Kier molecular flexibility index (Phi) is 6.62. The van der Waals surface area contributed by atoms with Gasteiger partial charge in [0.2, 0.25) is 0 Å². The SMILES string of the molecule is Cn1c(C2CCCCC2)nc(C(=O)Nc2cccc(CC(=O)O)c2)c1CCC12CC3CC(CC(C3)C1)C2. The maximum Gasteiger partial charge on any atom is 0.307 e. The normalized spacial score (nSPS) is 28.9. The molecule has 5 fully saturated rings. The quantitative estimate of drug-likeness (QED) is 0.431. The third-order valence-corrected chi connectivity index (χ3v) is 10.0. The highest BCUT2D eigenvalue weighted by molar-refractivity contribution is 6.03. The Morgan fingerprint density at radius 2 is 1.73 bits per heavy atom. The van der Waals surface area contributed by atoms with E-state index >= 15 is 0 Å². The fourth-order valence-corrected chi connectivity index (χ4v) is 8.85. The number of hydrogen-bond acceptors (Lipinski definition) is 3. The van der Waals surface area contributed by atoms with Crippen molar-refractivity contribution in [2.75, 3.05) is 5.32 Å². The van der Waals surface area contributed by atoms with Gasteiger partial charge >= 0.3 is 5.97 Å². The van der Waals surface area contributed by atoms with Gasteiger partial charge in [-0.2, -0.15) is 0 Å². The average Bonchev–Trinajstić information content (AvgIpc) is 3.18. The molecule has 37 heavy (non-hydrogen) atoms. The van der Waals surface area contributed by atoms with Crippen molar-refractivity contribution in [3.05, 3.63) is 47.0 Å². The smallest absolute Gasteiger partial charge is 0.307 e. The predicted octanol–water partition coefficient (Wildman–Crippen LogP) is 6.50. The molecule has 4 bridgehead atoms. The van der Waals surface area contributed by atoms with Crippen LogP contribution in [0.1, 0.15) is 111 Å². The number of amides is 1. The van der Waals surface area contributed by atoms with Crippen molar-refractivity contribution < 1.29 is 14.7 Å². The molecule has 5 saturated carbocycles. The van der Waals surface area contributed by atoms with Crippen molar-refractivity contribution >= 4 is 17.6 Å². The van der Waals surface area contributed by atoms with Crippen molar-refractivity contribution in [3.8, 4) is 0 Å². The molecule has 0 aliphatic heterocycles. The number of aromatic nitrogens is 2. The number of imidazole rings is 1. The van der Waals surface area contributed by atoms with Gasteiger partial charge in [0.25, 0.3) is 5.91 Å². The minimum Gasteiger partial charge on any atom is -0.481 e. The molecule has 198 valence electrons. The second kappa shape index (κ2) is 9.92. The van der Waals surface area contributed by atoms with Crippen LogP contribution in [0.2, 0.25) is 0 Å². The van der Waals surface area contributed by atoms with Crippen LogP contribution in [0.25, 0.3) is 0 Å². The lowest BCUT2D eigenvalue weighted by Gasteiger charge is -2.57. The number of nitrogens with one attached hydrogen (secondary N) is 1. The second-order valence-electron chi connectivity index (χ2n) is 12.8. The van der Waals surface area contributed by atoms with E-state index in [1.54, 1.807) is 18.2 Å². The van der Waals surface area contributed by atoms with Crippen molar-refractivity contribution in [1.82, 2.24) is 9.55 Å². The van der Waals surface area contributed by atoms with Crippen LogP contribution in [0.4, 0.5) is 5.69 Å². The van der Waals surface area contributed by atoms with Crippen molar-refractivity contribution in [1.29, 1.82) is 0 Å². The van der Waals surface area contributed by atoms with Gasteiger partial charge < -0.3 is 15.0 Å². The van der Waals surface area contributed by atoms with E-state index in [1.165, 1.54) is 57.8 Å². The van der Waals surface area contributed by atoms with Gasteiger partial charge in [0.05, 0.1) is 12.1 Å². The van der Waals surface area contributed by atoms with Crippen LogP contribution < -0.4 is 5.32 Å². The molecule has 7 rings (SSSR count). The highest BCUT2D eigenvalue weighted by Crippen LogP contribution is 2.61. The van der Waals surface area contributed by atoms with Gasteiger partial charge in [-0.25, -0.2) is 4.98 Å². The van der Waals surface area contributed by atoms with Crippen molar-refractivity contribution in [2.45, 2.75) is 95.8 Å². The van der Waals surface area contributed by atoms with Gasteiger partial charge in [-0.15, -0.1) is 0 Å². The molecule has 1 amide bonds. The fraction of sp³-hybridized carbons (Fsp3) is 0.645. The van der Waals surface area contributed by atoms with E-state index in [2.05, 4.69) is 16.9 Å². The summed E-state index contributed by atoms with van der Waals surface area (Å²) in [5, 5.41) is 12.2. The number of aliphatic carboxylic acids is 1. The standard InChI is InChI=1S/C31H41N3O3/c1-34-26(10-11-31-17-21-12-22(18-31)14-23(13-21)19-31)28(33-29(34)24-7-3-2-4-8-24)30(37)32-25-9-5-6-20(15-25)16-27(35)36/h5-6,9,15,21-24H,2-4,7-8,10-14,16-19H2,1H3,(H,32,37)(H,35,36). The van der Waals surface area contributed by atoms with Crippen LogP contribution in [-0.4, -0.2) is 26.5 Å². The summed E-state index contributed by atoms with van der Waals surface area (Å²) in [4.78, 5) is 29.8. The van der Waals surface area contributed by atoms with Crippen molar-refractivity contribution in [2.24, 2.45) is 30.2 Å². The first-order valence-corrected chi connectivity index (χ1v) is 14.5. The van der Waals surface area contributed by atoms with Crippen LogP contribution in [0.5, 0.6) is 0 Å². The van der Waals surface area contributed by atoms with Gasteiger partial charge in [-0.05, 0) is 105 Å². The van der Waals surface area contributed by atoms with E-state index < -0.39 is 5.97 Å². The molecule has 6 nitrogen and oxygen atoms in total. The maximum atomic E-state index is 13.6. The number of hydrogen-bond donors (Lipinski definition) is 2. The summed E-state index contributed by atoms with van der Waals surface area (Å²) in [6.07, 6.45) is 16.6. The third-order valence-electron chi connectivity index (χ3n) is 10.0. The van der Waals surface area contributed by atoms with Gasteiger partial charge in [-0.1, -0.05) is 31.4 Å². The number of carboxylic acid groups (broad SMARTS) is 1. The monoisotopic (exact) mass is 503 g/mol. The highest BCUT2D eigenvalue weighted by atomic mass is 16.4. The van der Waals surface area contributed by atoms with Crippen LogP contribution in [0.15, 0.2) is 24.3 Å². The van der Waals surface area contributed by atoms with E-state index in [1.807, 2.05) is 6.07 Å². The lowest BCUT2D eigenvalue weighted by atomic mass is 9.48. The molecule has 0 unspecified atom stereocenters. The Morgan fingerprint density at radius 3 is 2.38 bits per heavy atom. The van der Waals surface area contributed by atoms with Crippen LogP contribution in [-0.2, 0) is 24.7 Å². The summed E-state index contributed by atoms with van der Waals surface area (Å²) in [6, 6.07) is 7.16. The average molecular weight is 504 g/mol. The molecule has 6 heteroatoms. The first-order chi connectivity index (χ1) is 17.9. The number of rotatable bonds is 8. The second-order valence-corrected chi connectivity index (χ2v) is 12.8. The zero-order chi connectivity index (χ0) is 25.6. The molecule has 0 spiro atoms. The van der Waals surface area contributed by atoms with E-state index in [0.717, 1.165) is 55.0 Å².